The van der Waals surface area contributed by atoms with Crippen molar-refractivity contribution in [1.82, 2.24) is 10.6 Å². The van der Waals surface area contributed by atoms with Crippen molar-refractivity contribution in [2.45, 2.75) is 32.7 Å². The van der Waals surface area contributed by atoms with Gasteiger partial charge in [0.25, 0.3) is 0 Å². The molecule has 1 amide bonds. The summed E-state index contributed by atoms with van der Waals surface area (Å²) in [5, 5.41) is 6.14. The molecule has 0 bridgehead atoms. The summed E-state index contributed by atoms with van der Waals surface area (Å²) in [5.41, 5.74) is 0.903. The fourth-order valence-corrected chi connectivity index (χ4v) is 1.84. The highest BCUT2D eigenvalue weighted by Crippen LogP contribution is 2.20. The van der Waals surface area contributed by atoms with E-state index in [4.69, 9.17) is 11.6 Å². The third kappa shape index (κ3) is 5.57. The first-order valence-corrected chi connectivity index (χ1v) is 6.87. The second-order valence-electron chi connectivity index (χ2n) is 4.45. The van der Waals surface area contributed by atoms with Crippen molar-refractivity contribution >= 4 is 17.5 Å². The smallest absolute Gasteiger partial charge is 0.221 e. The van der Waals surface area contributed by atoms with Gasteiger partial charge in [0.05, 0.1) is 5.02 Å². The first-order valence-electron chi connectivity index (χ1n) is 6.49. The third-order valence-electron chi connectivity index (χ3n) is 2.82. The van der Waals surface area contributed by atoms with Crippen LogP contribution in [0.1, 0.15) is 38.3 Å². The lowest BCUT2D eigenvalue weighted by atomic mass is 10.1. The van der Waals surface area contributed by atoms with E-state index in [0.29, 0.717) is 19.5 Å². The molecule has 1 unspecified atom stereocenters. The number of hydrogen-bond acceptors (Lipinski definition) is 2. The van der Waals surface area contributed by atoms with Crippen molar-refractivity contribution in [1.29, 1.82) is 0 Å². The summed E-state index contributed by atoms with van der Waals surface area (Å²) in [4.78, 5) is 11.4. The minimum absolute atomic E-state index is 0.0251. The van der Waals surface area contributed by atoms with Gasteiger partial charge in [0.1, 0.15) is 5.82 Å². The fraction of sp³-hybridized carbons (Fsp3) is 0.500. The van der Waals surface area contributed by atoms with E-state index in [1.54, 1.807) is 12.1 Å². The zero-order valence-corrected chi connectivity index (χ0v) is 12.1. The number of hydrogen-bond donors (Lipinski definition) is 2. The second kappa shape index (κ2) is 8.12. The van der Waals surface area contributed by atoms with E-state index in [-0.39, 0.29) is 17.0 Å². The van der Waals surface area contributed by atoms with Gasteiger partial charge in [-0.2, -0.15) is 0 Å². The summed E-state index contributed by atoms with van der Waals surface area (Å²) in [5.74, 6) is -0.379. The van der Waals surface area contributed by atoms with Gasteiger partial charge in [-0.15, -0.1) is 0 Å². The fourth-order valence-electron chi connectivity index (χ4n) is 1.65. The summed E-state index contributed by atoms with van der Waals surface area (Å²) >= 11 is 5.73. The van der Waals surface area contributed by atoms with Gasteiger partial charge in [0.2, 0.25) is 5.91 Å². The molecule has 0 radical (unpaired) electrons. The van der Waals surface area contributed by atoms with Crippen LogP contribution in [-0.2, 0) is 4.79 Å². The zero-order valence-electron chi connectivity index (χ0n) is 11.3. The van der Waals surface area contributed by atoms with Crippen LogP contribution < -0.4 is 10.6 Å². The third-order valence-corrected chi connectivity index (χ3v) is 3.11. The molecule has 0 aromatic heterocycles. The number of amides is 1. The molecule has 5 heteroatoms. The van der Waals surface area contributed by atoms with Gasteiger partial charge in [-0.1, -0.05) is 24.6 Å². The maximum absolute atomic E-state index is 13.0. The van der Waals surface area contributed by atoms with Crippen LogP contribution >= 0.6 is 11.6 Å². The average Bonchev–Trinajstić information content (AvgIpc) is 2.39. The number of benzene rings is 1. The normalized spacial score (nSPS) is 12.2. The Kier molecular flexibility index (Phi) is 6.81. The predicted octanol–water partition coefficient (Wildman–Crippen LogP) is 3.05. The molecular formula is C14H20ClFN2O. The molecule has 0 aliphatic rings. The van der Waals surface area contributed by atoms with Crippen molar-refractivity contribution in [3.05, 3.63) is 34.6 Å². The Morgan fingerprint density at radius 2 is 2.16 bits per heavy atom. The quantitative estimate of drug-likeness (QED) is 0.809. The first kappa shape index (κ1) is 15.9. The highest BCUT2D eigenvalue weighted by atomic mass is 35.5. The molecule has 0 saturated carbocycles. The van der Waals surface area contributed by atoms with Gasteiger partial charge < -0.3 is 10.6 Å². The van der Waals surface area contributed by atoms with E-state index in [0.717, 1.165) is 12.0 Å². The second-order valence-corrected chi connectivity index (χ2v) is 4.86. The monoisotopic (exact) mass is 286 g/mol. The summed E-state index contributed by atoms with van der Waals surface area (Å²) in [6.45, 7) is 5.25. The highest BCUT2D eigenvalue weighted by molar-refractivity contribution is 6.30. The molecule has 0 aliphatic heterocycles. The molecule has 0 heterocycles. The van der Waals surface area contributed by atoms with Crippen molar-refractivity contribution in [3.8, 4) is 0 Å². The Labute approximate surface area is 118 Å². The summed E-state index contributed by atoms with van der Waals surface area (Å²) < 4.78 is 13.0. The number of rotatable bonds is 7. The van der Waals surface area contributed by atoms with E-state index < -0.39 is 5.82 Å². The van der Waals surface area contributed by atoms with Crippen LogP contribution in [0, 0.1) is 5.82 Å². The SMILES string of the molecule is CCCNC(=O)CCNC(C)c1ccc(F)c(Cl)c1. The lowest BCUT2D eigenvalue weighted by Crippen LogP contribution is -2.29. The van der Waals surface area contributed by atoms with Crippen molar-refractivity contribution in [2.24, 2.45) is 0 Å². The minimum atomic E-state index is -0.420. The molecule has 3 nitrogen and oxygen atoms in total. The van der Waals surface area contributed by atoms with Gasteiger partial charge in [0, 0.05) is 25.6 Å². The average molecular weight is 287 g/mol. The van der Waals surface area contributed by atoms with Crippen LogP contribution in [0.4, 0.5) is 4.39 Å². The van der Waals surface area contributed by atoms with Gasteiger partial charge >= 0.3 is 0 Å². The molecule has 1 rings (SSSR count). The maximum Gasteiger partial charge on any atom is 0.221 e. The molecule has 1 aromatic rings. The molecule has 1 atom stereocenters. The molecule has 1 aromatic carbocycles. The van der Waals surface area contributed by atoms with Crippen molar-refractivity contribution in [2.75, 3.05) is 13.1 Å². The predicted molar refractivity (Wildman–Crippen MR) is 75.7 cm³/mol. The van der Waals surface area contributed by atoms with E-state index in [1.807, 2.05) is 13.8 Å². The molecule has 0 saturated heterocycles. The highest BCUT2D eigenvalue weighted by Gasteiger charge is 2.08. The number of carbonyl (C=O) groups excluding carboxylic acids is 1. The maximum atomic E-state index is 13.0. The van der Waals surface area contributed by atoms with Crippen LogP contribution in [0.15, 0.2) is 18.2 Å². The zero-order chi connectivity index (χ0) is 14.3. The molecule has 0 aliphatic carbocycles. The molecule has 2 N–H and O–H groups in total. The molecule has 106 valence electrons. The minimum Gasteiger partial charge on any atom is -0.356 e. The van der Waals surface area contributed by atoms with Crippen molar-refractivity contribution < 1.29 is 9.18 Å². The van der Waals surface area contributed by atoms with Crippen molar-refractivity contribution in [3.63, 3.8) is 0 Å². The van der Waals surface area contributed by atoms with Gasteiger partial charge in [-0.25, -0.2) is 4.39 Å². The van der Waals surface area contributed by atoms with E-state index in [2.05, 4.69) is 10.6 Å². The molecule has 19 heavy (non-hydrogen) atoms. The Balaban J connectivity index is 2.36. The molecule has 0 spiro atoms. The van der Waals surface area contributed by atoms with Crippen LogP contribution in [0.2, 0.25) is 5.02 Å². The van der Waals surface area contributed by atoms with Gasteiger partial charge in [-0.3, -0.25) is 4.79 Å². The standard InChI is InChI=1S/C14H20ClFN2O/c1-3-7-18-14(19)6-8-17-10(2)11-4-5-13(16)12(15)9-11/h4-5,9-10,17H,3,6-8H2,1-2H3,(H,18,19). The number of carbonyl (C=O) groups is 1. The van der Waals surface area contributed by atoms with E-state index >= 15 is 0 Å². The number of halogens is 2. The summed E-state index contributed by atoms with van der Waals surface area (Å²) in [7, 11) is 0. The Morgan fingerprint density at radius 1 is 1.42 bits per heavy atom. The van der Waals surface area contributed by atoms with E-state index in [9.17, 15) is 9.18 Å². The Morgan fingerprint density at radius 3 is 2.79 bits per heavy atom. The first-order chi connectivity index (χ1) is 9.04. The summed E-state index contributed by atoms with van der Waals surface area (Å²) in [6.07, 6.45) is 1.36. The van der Waals surface area contributed by atoms with Crippen LogP contribution in [0.5, 0.6) is 0 Å². The van der Waals surface area contributed by atoms with Crippen LogP contribution in [0.3, 0.4) is 0 Å². The lowest BCUT2D eigenvalue weighted by molar-refractivity contribution is -0.121. The topological polar surface area (TPSA) is 41.1 Å². The van der Waals surface area contributed by atoms with Gasteiger partial charge in [0.15, 0.2) is 0 Å². The molecular weight excluding hydrogens is 267 g/mol. The number of nitrogens with one attached hydrogen (secondary N) is 2. The Hall–Kier alpha value is -1.13. The van der Waals surface area contributed by atoms with Crippen LogP contribution in [-0.4, -0.2) is 19.0 Å². The van der Waals surface area contributed by atoms with E-state index in [1.165, 1.54) is 6.07 Å². The lowest BCUT2D eigenvalue weighted by Gasteiger charge is -2.14. The summed E-state index contributed by atoms with van der Waals surface area (Å²) in [6, 6.07) is 4.67. The Bertz CT molecular complexity index is 426. The van der Waals surface area contributed by atoms with Crippen LogP contribution in [0.25, 0.3) is 0 Å². The molecule has 0 fully saturated rings. The van der Waals surface area contributed by atoms with Gasteiger partial charge in [-0.05, 0) is 31.0 Å². The largest absolute Gasteiger partial charge is 0.356 e.